The predicted molar refractivity (Wildman–Crippen MR) is 114 cm³/mol. The molecule has 0 atom stereocenters. The van der Waals surface area contributed by atoms with Gasteiger partial charge in [0.05, 0.1) is 0 Å². The number of hydrogen-bond donors (Lipinski definition) is 0. The summed E-state index contributed by atoms with van der Waals surface area (Å²) >= 11 is 0. The van der Waals surface area contributed by atoms with E-state index >= 15 is 0 Å². The third kappa shape index (κ3) is 3.22. The van der Waals surface area contributed by atoms with Gasteiger partial charge in [0.25, 0.3) is 0 Å². The van der Waals surface area contributed by atoms with Crippen molar-refractivity contribution in [1.82, 2.24) is 9.47 Å². The Labute approximate surface area is 166 Å². The van der Waals surface area contributed by atoms with Crippen molar-refractivity contribution in [2.75, 3.05) is 37.6 Å². The number of anilines is 1. The molecule has 1 saturated heterocycles. The van der Waals surface area contributed by atoms with Crippen LogP contribution in [0.15, 0.2) is 54.7 Å². The van der Waals surface area contributed by atoms with Crippen molar-refractivity contribution >= 4 is 22.2 Å². The highest BCUT2D eigenvalue weighted by Crippen LogP contribution is 2.27. The quantitative estimate of drug-likeness (QED) is 0.692. The first-order valence-corrected chi connectivity index (χ1v) is 10.5. The van der Waals surface area contributed by atoms with Crippen molar-refractivity contribution in [3.63, 3.8) is 0 Å². The largest absolute Gasteiger partial charge is 0.368 e. The van der Waals surface area contributed by atoms with Crippen LogP contribution in [-0.2, 0) is 13.0 Å². The van der Waals surface area contributed by atoms with Gasteiger partial charge in [-0.3, -0.25) is 9.69 Å². The number of carbonyl (C=O) groups excluding carboxylic acids is 1. The van der Waals surface area contributed by atoms with Crippen molar-refractivity contribution in [1.29, 1.82) is 0 Å². The molecule has 0 spiro atoms. The van der Waals surface area contributed by atoms with Gasteiger partial charge in [-0.05, 0) is 30.4 Å². The SMILES string of the molecule is O=C1CCCc2c1ccn2CCN1CCN(c2cccc3ccccc23)CC1. The number of rotatable bonds is 4. The van der Waals surface area contributed by atoms with Gasteiger partial charge in [-0.2, -0.15) is 0 Å². The lowest BCUT2D eigenvalue weighted by Gasteiger charge is -2.36. The van der Waals surface area contributed by atoms with Crippen LogP contribution in [0, 0.1) is 0 Å². The Balaban J connectivity index is 1.22. The minimum absolute atomic E-state index is 0.323. The number of aromatic nitrogens is 1. The average molecular weight is 374 g/mol. The summed E-state index contributed by atoms with van der Waals surface area (Å²) in [5, 5.41) is 2.66. The molecule has 1 aliphatic heterocycles. The van der Waals surface area contributed by atoms with E-state index in [9.17, 15) is 4.79 Å². The van der Waals surface area contributed by atoms with Crippen LogP contribution >= 0.6 is 0 Å². The van der Waals surface area contributed by atoms with Gasteiger partial charge in [-0.1, -0.05) is 36.4 Å². The molecule has 2 aliphatic rings. The summed E-state index contributed by atoms with van der Waals surface area (Å²) in [6.07, 6.45) is 4.87. The van der Waals surface area contributed by atoms with Gasteiger partial charge < -0.3 is 9.47 Å². The van der Waals surface area contributed by atoms with Crippen LogP contribution in [0.4, 0.5) is 5.69 Å². The number of fused-ring (bicyclic) bond motifs is 2. The molecule has 144 valence electrons. The van der Waals surface area contributed by atoms with E-state index in [4.69, 9.17) is 0 Å². The lowest BCUT2D eigenvalue weighted by molar-refractivity contribution is 0.0971. The Morgan fingerprint density at radius 2 is 1.64 bits per heavy atom. The van der Waals surface area contributed by atoms with Gasteiger partial charge in [-0.25, -0.2) is 0 Å². The molecule has 0 saturated carbocycles. The second-order valence-electron chi connectivity index (χ2n) is 7.97. The normalized spacial score (nSPS) is 17.9. The Morgan fingerprint density at radius 3 is 2.54 bits per heavy atom. The third-order valence-corrected chi connectivity index (χ3v) is 6.33. The van der Waals surface area contributed by atoms with Gasteiger partial charge in [0.1, 0.15) is 0 Å². The van der Waals surface area contributed by atoms with E-state index in [0.29, 0.717) is 12.2 Å². The highest BCUT2D eigenvalue weighted by Gasteiger charge is 2.22. The standard InChI is InChI=1S/C24H27N3O/c28-24-10-4-9-23-21(24)11-12-26(23)16-13-25-14-17-27(18-15-25)22-8-3-6-19-5-1-2-7-20(19)22/h1-3,5-8,11-12H,4,9-10,13-18H2. The smallest absolute Gasteiger partial charge is 0.164 e. The summed E-state index contributed by atoms with van der Waals surface area (Å²) in [5.74, 6) is 0.323. The molecule has 0 bridgehead atoms. The Kier molecular flexibility index (Phi) is 4.65. The zero-order chi connectivity index (χ0) is 18.9. The van der Waals surface area contributed by atoms with E-state index in [0.717, 1.165) is 57.7 Å². The van der Waals surface area contributed by atoms with Gasteiger partial charge in [-0.15, -0.1) is 0 Å². The molecule has 3 aromatic rings. The number of nitrogens with zero attached hydrogens (tertiary/aromatic N) is 3. The molecule has 4 nitrogen and oxygen atoms in total. The topological polar surface area (TPSA) is 28.5 Å². The summed E-state index contributed by atoms with van der Waals surface area (Å²) in [6, 6.07) is 17.3. The highest BCUT2D eigenvalue weighted by atomic mass is 16.1. The van der Waals surface area contributed by atoms with E-state index in [1.54, 1.807) is 0 Å². The molecular formula is C24H27N3O. The average Bonchev–Trinajstić information content (AvgIpc) is 3.17. The van der Waals surface area contributed by atoms with Crippen molar-refractivity contribution in [3.8, 4) is 0 Å². The molecular weight excluding hydrogens is 346 g/mol. The second kappa shape index (κ2) is 7.44. The Morgan fingerprint density at radius 1 is 0.821 bits per heavy atom. The summed E-state index contributed by atoms with van der Waals surface area (Å²) in [6.45, 7) is 6.35. The minimum atomic E-state index is 0.323. The summed E-state index contributed by atoms with van der Waals surface area (Å²) in [5.41, 5.74) is 3.58. The first kappa shape index (κ1) is 17.5. The van der Waals surface area contributed by atoms with Gasteiger partial charge in [0, 0.05) is 74.2 Å². The molecule has 1 aromatic heterocycles. The van der Waals surface area contributed by atoms with Crippen LogP contribution in [0.3, 0.4) is 0 Å². The van der Waals surface area contributed by atoms with Gasteiger partial charge >= 0.3 is 0 Å². The lowest BCUT2D eigenvalue weighted by atomic mass is 9.97. The maximum absolute atomic E-state index is 12.0. The van der Waals surface area contributed by atoms with Crippen LogP contribution in [-0.4, -0.2) is 48.0 Å². The fourth-order valence-corrected chi connectivity index (χ4v) is 4.74. The number of Topliss-reactive ketones (excluding diaryl/α,β-unsaturated/α-hetero) is 1. The van der Waals surface area contributed by atoms with Crippen LogP contribution in [0.5, 0.6) is 0 Å². The van der Waals surface area contributed by atoms with Crippen LogP contribution in [0.2, 0.25) is 0 Å². The van der Waals surface area contributed by atoms with E-state index < -0.39 is 0 Å². The predicted octanol–water partition coefficient (Wildman–Crippen LogP) is 3.98. The molecule has 28 heavy (non-hydrogen) atoms. The van der Waals surface area contributed by atoms with E-state index in [2.05, 4.69) is 63.0 Å². The van der Waals surface area contributed by atoms with Crippen molar-refractivity contribution in [2.45, 2.75) is 25.8 Å². The summed E-state index contributed by atoms with van der Waals surface area (Å²) < 4.78 is 2.31. The number of piperazine rings is 1. The molecule has 0 unspecified atom stereocenters. The zero-order valence-corrected chi connectivity index (χ0v) is 16.3. The molecule has 5 rings (SSSR count). The van der Waals surface area contributed by atoms with Gasteiger partial charge in [0.2, 0.25) is 0 Å². The summed E-state index contributed by atoms with van der Waals surface area (Å²) in [7, 11) is 0. The summed E-state index contributed by atoms with van der Waals surface area (Å²) in [4.78, 5) is 17.1. The molecule has 1 aliphatic carbocycles. The molecule has 0 N–H and O–H groups in total. The van der Waals surface area contributed by atoms with Gasteiger partial charge in [0.15, 0.2) is 5.78 Å². The molecule has 1 fully saturated rings. The van der Waals surface area contributed by atoms with Crippen LogP contribution in [0.25, 0.3) is 10.8 Å². The fourth-order valence-electron chi connectivity index (χ4n) is 4.74. The minimum Gasteiger partial charge on any atom is -0.368 e. The first-order valence-electron chi connectivity index (χ1n) is 10.5. The second-order valence-corrected chi connectivity index (χ2v) is 7.97. The monoisotopic (exact) mass is 373 g/mol. The fraction of sp³-hybridized carbons (Fsp3) is 0.375. The number of carbonyl (C=O) groups is 1. The molecule has 4 heteroatoms. The maximum Gasteiger partial charge on any atom is 0.164 e. The van der Waals surface area contributed by atoms with E-state index in [1.807, 2.05) is 6.07 Å². The number of ketones is 1. The number of benzene rings is 2. The third-order valence-electron chi connectivity index (χ3n) is 6.33. The van der Waals surface area contributed by atoms with Crippen molar-refractivity contribution in [2.24, 2.45) is 0 Å². The Bertz CT molecular complexity index is 993. The molecule has 2 aromatic carbocycles. The maximum atomic E-state index is 12.0. The highest BCUT2D eigenvalue weighted by molar-refractivity contribution is 5.98. The first-order chi connectivity index (χ1) is 13.8. The number of hydrogen-bond acceptors (Lipinski definition) is 3. The van der Waals surface area contributed by atoms with E-state index in [-0.39, 0.29) is 0 Å². The Hall–Kier alpha value is -2.59. The molecule has 0 radical (unpaired) electrons. The molecule has 0 amide bonds. The van der Waals surface area contributed by atoms with Crippen molar-refractivity contribution in [3.05, 3.63) is 66.0 Å². The molecule has 2 heterocycles. The van der Waals surface area contributed by atoms with E-state index in [1.165, 1.54) is 22.2 Å². The lowest BCUT2D eigenvalue weighted by Crippen LogP contribution is -2.47. The van der Waals surface area contributed by atoms with Crippen LogP contribution in [0.1, 0.15) is 28.9 Å². The van der Waals surface area contributed by atoms with Crippen molar-refractivity contribution < 1.29 is 4.79 Å². The van der Waals surface area contributed by atoms with Crippen LogP contribution < -0.4 is 4.90 Å². The zero-order valence-electron chi connectivity index (χ0n) is 16.3.